The number of hydrogen-bond acceptors (Lipinski definition) is 4. The molecule has 0 spiro atoms. The molecule has 0 aliphatic rings. The number of aryl methyl sites for hydroxylation is 1. The van der Waals surface area contributed by atoms with Crippen molar-refractivity contribution < 1.29 is 18.0 Å². The lowest BCUT2D eigenvalue weighted by Gasteiger charge is -2.22. The molecule has 0 aliphatic heterocycles. The molecule has 2 aromatic carbocycles. The van der Waals surface area contributed by atoms with Crippen molar-refractivity contribution >= 4 is 17.7 Å². The Morgan fingerprint density at radius 2 is 1.83 bits per heavy atom. The minimum absolute atomic E-state index is 0.0154. The molecule has 1 amide bonds. The summed E-state index contributed by atoms with van der Waals surface area (Å²) in [4.78, 5) is 12.3. The SMILES string of the molecule is CCc1ccccc1-n1cnnc1SCC(=O)NC(c1ccccc1)C(F)(F)F. The van der Waals surface area contributed by atoms with Gasteiger partial charge >= 0.3 is 6.18 Å². The van der Waals surface area contributed by atoms with Gasteiger partial charge in [0.05, 0.1) is 11.4 Å². The van der Waals surface area contributed by atoms with E-state index in [9.17, 15) is 18.0 Å². The molecule has 9 heteroatoms. The molecule has 1 atom stereocenters. The summed E-state index contributed by atoms with van der Waals surface area (Å²) in [6.07, 6.45) is -2.28. The molecule has 0 aliphatic carbocycles. The molecule has 0 saturated carbocycles. The van der Waals surface area contributed by atoms with Crippen LogP contribution in [0.15, 0.2) is 66.1 Å². The second kappa shape index (κ2) is 9.13. The highest BCUT2D eigenvalue weighted by Crippen LogP contribution is 2.32. The van der Waals surface area contributed by atoms with Gasteiger partial charge in [0.2, 0.25) is 5.91 Å². The molecule has 1 unspecified atom stereocenters. The second-order valence-corrected chi connectivity index (χ2v) is 7.15. The number of alkyl halides is 3. The molecule has 0 saturated heterocycles. The molecule has 1 heterocycles. The Morgan fingerprint density at radius 1 is 1.14 bits per heavy atom. The number of nitrogens with one attached hydrogen (secondary N) is 1. The van der Waals surface area contributed by atoms with Crippen molar-refractivity contribution in [2.24, 2.45) is 0 Å². The van der Waals surface area contributed by atoms with Gasteiger partial charge in [0, 0.05) is 0 Å². The number of benzene rings is 2. The Bertz CT molecular complexity index is 960. The Morgan fingerprint density at radius 3 is 2.52 bits per heavy atom. The lowest BCUT2D eigenvalue weighted by molar-refractivity contribution is -0.162. The van der Waals surface area contributed by atoms with E-state index < -0.39 is 18.1 Å². The van der Waals surface area contributed by atoms with Crippen LogP contribution in [-0.4, -0.2) is 32.6 Å². The molecule has 0 fully saturated rings. The highest BCUT2D eigenvalue weighted by Gasteiger charge is 2.41. The van der Waals surface area contributed by atoms with Gasteiger partial charge in [0.15, 0.2) is 11.2 Å². The van der Waals surface area contributed by atoms with Gasteiger partial charge in [0.25, 0.3) is 0 Å². The zero-order valence-corrected chi connectivity index (χ0v) is 16.4. The van der Waals surface area contributed by atoms with E-state index in [1.54, 1.807) is 10.6 Å². The summed E-state index contributed by atoms with van der Waals surface area (Å²) in [7, 11) is 0. The number of aromatic nitrogens is 3. The zero-order valence-electron chi connectivity index (χ0n) is 15.6. The van der Waals surface area contributed by atoms with Gasteiger partial charge in [-0.2, -0.15) is 13.2 Å². The van der Waals surface area contributed by atoms with Crippen molar-refractivity contribution in [3.8, 4) is 5.69 Å². The maximum Gasteiger partial charge on any atom is 0.412 e. The van der Waals surface area contributed by atoms with Crippen LogP contribution in [0.2, 0.25) is 0 Å². The molecule has 0 bridgehead atoms. The molecule has 1 aromatic heterocycles. The fraction of sp³-hybridized carbons (Fsp3) is 0.250. The van der Waals surface area contributed by atoms with Gasteiger partial charge in [0.1, 0.15) is 6.33 Å². The summed E-state index contributed by atoms with van der Waals surface area (Å²) in [6.45, 7) is 2.02. The van der Waals surface area contributed by atoms with E-state index in [-0.39, 0.29) is 11.3 Å². The largest absolute Gasteiger partial charge is 0.412 e. The van der Waals surface area contributed by atoms with Gasteiger partial charge in [-0.25, -0.2) is 0 Å². The normalized spacial score (nSPS) is 12.6. The van der Waals surface area contributed by atoms with E-state index in [1.807, 2.05) is 31.2 Å². The molecule has 3 rings (SSSR count). The number of nitrogens with zero attached hydrogens (tertiary/aromatic N) is 3. The first-order valence-electron chi connectivity index (χ1n) is 8.92. The van der Waals surface area contributed by atoms with E-state index in [0.29, 0.717) is 5.16 Å². The number of thioether (sulfide) groups is 1. The van der Waals surface area contributed by atoms with E-state index in [0.717, 1.165) is 29.4 Å². The minimum Gasteiger partial charge on any atom is -0.340 e. The average Bonchev–Trinajstić information content (AvgIpc) is 3.18. The zero-order chi connectivity index (χ0) is 20.9. The summed E-state index contributed by atoms with van der Waals surface area (Å²) in [5, 5.41) is 10.4. The van der Waals surface area contributed by atoms with E-state index in [4.69, 9.17) is 0 Å². The van der Waals surface area contributed by atoms with Crippen LogP contribution in [0.4, 0.5) is 13.2 Å². The summed E-state index contributed by atoms with van der Waals surface area (Å²) in [6, 6.07) is 12.9. The van der Waals surface area contributed by atoms with Gasteiger partial charge in [-0.1, -0.05) is 67.2 Å². The third-order valence-corrected chi connectivity index (χ3v) is 5.19. The second-order valence-electron chi connectivity index (χ2n) is 6.21. The molecular formula is C20H19F3N4OS. The van der Waals surface area contributed by atoms with Crippen LogP contribution < -0.4 is 5.32 Å². The summed E-state index contributed by atoms with van der Waals surface area (Å²) < 4.78 is 41.9. The van der Waals surface area contributed by atoms with Crippen molar-refractivity contribution in [1.82, 2.24) is 20.1 Å². The van der Waals surface area contributed by atoms with E-state index >= 15 is 0 Å². The van der Waals surface area contributed by atoms with E-state index in [2.05, 4.69) is 15.5 Å². The predicted octanol–water partition coefficient (Wildman–Crippen LogP) is 4.34. The van der Waals surface area contributed by atoms with Crippen molar-refractivity contribution in [2.45, 2.75) is 30.7 Å². The summed E-state index contributed by atoms with van der Waals surface area (Å²) in [5.74, 6) is -0.952. The first-order chi connectivity index (χ1) is 13.9. The van der Waals surface area contributed by atoms with Gasteiger partial charge in [-0.15, -0.1) is 10.2 Å². The maximum absolute atomic E-state index is 13.4. The smallest absolute Gasteiger partial charge is 0.340 e. The third kappa shape index (κ3) is 5.17. The highest BCUT2D eigenvalue weighted by atomic mass is 32.2. The van der Waals surface area contributed by atoms with Gasteiger partial charge < -0.3 is 5.32 Å². The number of carbonyl (C=O) groups is 1. The Kier molecular flexibility index (Phi) is 6.58. The fourth-order valence-corrected chi connectivity index (χ4v) is 3.60. The Hall–Kier alpha value is -2.81. The topological polar surface area (TPSA) is 59.8 Å². The number of para-hydroxylation sites is 1. The van der Waals surface area contributed by atoms with Gasteiger partial charge in [-0.05, 0) is 23.6 Å². The highest BCUT2D eigenvalue weighted by molar-refractivity contribution is 7.99. The molecule has 0 radical (unpaired) electrons. The third-order valence-electron chi connectivity index (χ3n) is 4.25. The molecular weight excluding hydrogens is 401 g/mol. The fourth-order valence-electron chi connectivity index (χ4n) is 2.87. The molecule has 3 aromatic rings. The molecule has 29 heavy (non-hydrogen) atoms. The molecule has 5 nitrogen and oxygen atoms in total. The minimum atomic E-state index is -4.60. The standard InChI is InChI=1S/C20H19F3N4OS/c1-2-14-8-6-7-11-16(14)27-13-24-26-19(27)29-12-17(28)25-18(20(21,22)23)15-9-4-3-5-10-15/h3-11,13,18H,2,12H2,1H3,(H,25,28). The first-order valence-corrected chi connectivity index (χ1v) is 9.90. The summed E-state index contributed by atoms with van der Waals surface area (Å²) in [5.41, 5.74) is 1.93. The maximum atomic E-state index is 13.4. The molecule has 152 valence electrons. The summed E-state index contributed by atoms with van der Waals surface area (Å²) >= 11 is 1.03. The van der Waals surface area contributed by atoms with Crippen LogP contribution in [0, 0.1) is 0 Å². The molecule has 1 N–H and O–H groups in total. The van der Waals surface area contributed by atoms with Crippen LogP contribution in [0.1, 0.15) is 24.1 Å². The van der Waals surface area contributed by atoms with Crippen molar-refractivity contribution in [2.75, 3.05) is 5.75 Å². The van der Waals surface area contributed by atoms with Crippen LogP contribution >= 0.6 is 11.8 Å². The lowest BCUT2D eigenvalue weighted by atomic mass is 10.1. The van der Waals surface area contributed by atoms with Crippen molar-refractivity contribution in [1.29, 1.82) is 0 Å². The predicted molar refractivity (Wildman–Crippen MR) is 105 cm³/mol. The number of hydrogen-bond donors (Lipinski definition) is 1. The average molecular weight is 420 g/mol. The van der Waals surface area contributed by atoms with E-state index in [1.165, 1.54) is 30.6 Å². The quantitative estimate of drug-likeness (QED) is 0.578. The Balaban J connectivity index is 1.71. The monoisotopic (exact) mass is 420 g/mol. The lowest BCUT2D eigenvalue weighted by Crippen LogP contribution is -2.39. The number of halogens is 3. The number of amides is 1. The van der Waals surface area contributed by atoms with Crippen LogP contribution in [0.5, 0.6) is 0 Å². The van der Waals surface area contributed by atoms with Crippen LogP contribution in [-0.2, 0) is 11.2 Å². The van der Waals surface area contributed by atoms with Crippen LogP contribution in [0.3, 0.4) is 0 Å². The number of carbonyl (C=O) groups excluding carboxylic acids is 1. The van der Waals surface area contributed by atoms with Crippen molar-refractivity contribution in [3.63, 3.8) is 0 Å². The number of rotatable bonds is 7. The Labute approximate surface area is 170 Å². The van der Waals surface area contributed by atoms with Gasteiger partial charge in [-0.3, -0.25) is 9.36 Å². The van der Waals surface area contributed by atoms with Crippen molar-refractivity contribution in [3.05, 3.63) is 72.1 Å². The first kappa shape index (κ1) is 20.9. The van der Waals surface area contributed by atoms with Crippen LogP contribution in [0.25, 0.3) is 5.69 Å².